The summed E-state index contributed by atoms with van der Waals surface area (Å²) in [7, 11) is 0. The summed E-state index contributed by atoms with van der Waals surface area (Å²) in [5.41, 5.74) is 0.937. The van der Waals surface area contributed by atoms with Crippen LogP contribution in [0.15, 0.2) is 54.6 Å². The van der Waals surface area contributed by atoms with Crippen LogP contribution in [0.1, 0.15) is 24.8 Å². The fourth-order valence-electron chi connectivity index (χ4n) is 3.94. The van der Waals surface area contributed by atoms with Crippen molar-refractivity contribution in [2.75, 3.05) is 6.54 Å². The number of hydrogen-bond donors (Lipinski definition) is 0. The van der Waals surface area contributed by atoms with Gasteiger partial charge in [0.1, 0.15) is 6.61 Å². The number of allylic oxidation sites excluding steroid dienone is 2. The predicted molar refractivity (Wildman–Crippen MR) is 100 cm³/mol. The molecule has 27 heavy (non-hydrogen) atoms. The first-order valence-corrected chi connectivity index (χ1v) is 9.27. The number of esters is 1. The first kappa shape index (κ1) is 17.5. The van der Waals surface area contributed by atoms with Crippen LogP contribution in [0.25, 0.3) is 10.8 Å². The van der Waals surface area contributed by atoms with Crippen LogP contribution in [-0.2, 0) is 25.7 Å². The topological polar surface area (TPSA) is 63.7 Å². The third-order valence-corrected chi connectivity index (χ3v) is 5.41. The Labute approximate surface area is 157 Å². The summed E-state index contributed by atoms with van der Waals surface area (Å²) in [6.07, 6.45) is 5.15. The summed E-state index contributed by atoms with van der Waals surface area (Å²) < 4.78 is 5.38. The monoisotopic (exact) mass is 363 g/mol. The smallest absolute Gasteiger partial charge is 0.307 e. The van der Waals surface area contributed by atoms with Gasteiger partial charge < -0.3 is 4.74 Å². The van der Waals surface area contributed by atoms with Crippen LogP contribution in [0.5, 0.6) is 0 Å². The van der Waals surface area contributed by atoms with Crippen molar-refractivity contribution in [3.8, 4) is 0 Å². The van der Waals surface area contributed by atoms with Crippen molar-refractivity contribution in [3.05, 3.63) is 60.2 Å². The van der Waals surface area contributed by atoms with Crippen LogP contribution in [0.2, 0.25) is 0 Å². The van der Waals surface area contributed by atoms with E-state index in [4.69, 9.17) is 4.74 Å². The fourth-order valence-corrected chi connectivity index (χ4v) is 3.94. The van der Waals surface area contributed by atoms with Gasteiger partial charge in [0.2, 0.25) is 11.8 Å². The number of amides is 2. The Balaban J connectivity index is 1.34. The van der Waals surface area contributed by atoms with E-state index in [0.29, 0.717) is 12.8 Å². The van der Waals surface area contributed by atoms with E-state index in [2.05, 4.69) is 0 Å². The predicted octanol–water partition coefficient (Wildman–Crippen LogP) is 3.22. The Morgan fingerprint density at radius 2 is 1.63 bits per heavy atom. The molecule has 4 rings (SSSR count). The van der Waals surface area contributed by atoms with Crippen LogP contribution in [0, 0.1) is 11.8 Å². The number of rotatable bonds is 5. The van der Waals surface area contributed by atoms with Gasteiger partial charge in [-0.3, -0.25) is 19.3 Å². The molecule has 2 aromatic carbocycles. The van der Waals surface area contributed by atoms with Crippen molar-refractivity contribution < 1.29 is 19.1 Å². The number of fused-ring (bicyclic) bond motifs is 2. The van der Waals surface area contributed by atoms with Crippen LogP contribution in [0.4, 0.5) is 0 Å². The Morgan fingerprint density at radius 3 is 2.37 bits per heavy atom. The van der Waals surface area contributed by atoms with Crippen molar-refractivity contribution in [2.24, 2.45) is 11.8 Å². The van der Waals surface area contributed by atoms with Gasteiger partial charge >= 0.3 is 5.97 Å². The van der Waals surface area contributed by atoms with Crippen LogP contribution in [-0.4, -0.2) is 29.2 Å². The van der Waals surface area contributed by atoms with Crippen molar-refractivity contribution in [1.29, 1.82) is 0 Å². The lowest BCUT2D eigenvalue weighted by atomic mass is 9.85. The third kappa shape index (κ3) is 3.37. The first-order valence-electron chi connectivity index (χ1n) is 9.27. The lowest BCUT2D eigenvalue weighted by molar-refractivity contribution is -0.146. The highest BCUT2D eigenvalue weighted by atomic mass is 16.5. The number of benzene rings is 2. The van der Waals surface area contributed by atoms with Crippen molar-refractivity contribution in [3.63, 3.8) is 0 Å². The van der Waals surface area contributed by atoms with Gasteiger partial charge in [-0.2, -0.15) is 0 Å². The highest BCUT2D eigenvalue weighted by molar-refractivity contribution is 6.05. The molecule has 0 N–H and O–H groups in total. The Morgan fingerprint density at radius 1 is 0.963 bits per heavy atom. The standard InChI is InChI=1S/C22H21NO4/c24-20(27-14-16-8-5-7-15-6-1-2-9-17(15)16)12-13-23-21(25)18-10-3-4-11-19(18)22(23)26/h1-9,18-19H,10-14H2/t18-,19+. The van der Waals surface area contributed by atoms with Gasteiger partial charge in [0.05, 0.1) is 18.3 Å². The average Bonchev–Trinajstić information content (AvgIpc) is 2.95. The number of likely N-dealkylation sites (tertiary alicyclic amines) is 1. The fraction of sp³-hybridized carbons (Fsp3) is 0.318. The maximum Gasteiger partial charge on any atom is 0.307 e. The zero-order valence-electron chi connectivity index (χ0n) is 15.0. The van der Waals surface area contributed by atoms with Crippen molar-refractivity contribution >= 4 is 28.6 Å². The highest BCUT2D eigenvalue weighted by Gasteiger charge is 2.46. The number of imide groups is 1. The number of ether oxygens (including phenoxy) is 1. The van der Waals surface area contributed by atoms with E-state index < -0.39 is 5.97 Å². The molecule has 0 aromatic heterocycles. The van der Waals surface area contributed by atoms with Gasteiger partial charge in [-0.25, -0.2) is 0 Å². The maximum atomic E-state index is 12.4. The van der Waals surface area contributed by atoms with Crippen molar-refractivity contribution in [1.82, 2.24) is 4.90 Å². The second-order valence-corrected chi connectivity index (χ2v) is 7.03. The highest BCUT2D eigenvalue weighted by Crippen LogP contribution is 2.35. The Hall–Kier alpha value is -2.95. The third-order valence-electron chi connectivity index (χ3n) is 5.41. The van der Waals surface area contributed by atoms with E-state index >= 15 is 0 Å². The number of hydrogen-bond acceptors (Lipinski definition) is 4. The number of carbonyl (C=O) groups excluding carboxylic acids is 3. The van der Waals surface area contributed by atoms with E-state index in [9.17, 15) is 14.4 Å². The number of nitrogens with zero attached hydrogens (tertiary/aromatic N) is 1. The zero-order valence-corrected chi connectivity index (χ0v) is 15.0. The normalized spacial score (nSPS) is 21.6. The molecule has 0 saturated carbocycles. The van der Waals surface area contributed by atoms with Crippen LogP contribution < -0.4 is 0 Å². The van der Waals surface area contributed by atoms with Crippen LogP contribution in [0.3, 0.4) is 0 Å². The molecule has 1 fully saturated rings. The molecule has 5 heteroatoms. The average molecular weight is 363 g/mol. The van der Waals surface area contributed by atoms with E-state index in [1.807, 2.05) is 54.6 Å². The quantitative estimate of drug-likeness (QED) is 0.465. The van der Waals surface area contributed by atoms with E-state index in [0.717, 1.165) is 16.3 Å². The van der Waals surface area contributed by atoms with Gasteiger partial charge in [0.25, 0.3) is 0 Å². The second kappa shape index (κ2) is 7.35. The molecule has 5 nitrogen and oxygen atoms in total. The van der Waals surface area contributed by atoms with Gasteiger partial charge in [0.15, 0.2) is 0 Å². The molecule has 0 spiro atoms. The molecule has 2 aliphatic rings. The van der Waals surface area contributed by atoms with Gasteiger partial charge in [-0.05, 0) is 29.2 Å². The second-order valence-electron chi connectivity index (χ2n) is 7.03. The van der Waals surface area contributed by atoms with E-state index in [-0.39, 0.29) is 43.2 Å². The molecule has 0 unspecified atom stereocenters. The molecule has 138 valence electrons. The van der Waals surface area contributed by atoms with Gasteiger partial charge in [0, 0.05) is 6.54 Å². The molecule has 1 aliphatic carbocycles. The summed E-state index contributed by atoms with van der Waals surface area (Å²) in [6.45, 7) is 0.274. The minimum Gasteiger partial charge on any atom is -0.461 e. The molecule has 1 saturated heterocycles. The van der Waals surface area contributed by atoms with Crippen molar-refractivity contribution in [2.45, 2.75) is 25.9 Å². The summed E-state index contributed by atoms with van der Waals surface area (Å²) in [5.74, 6) is -1.23. The molecule has 0 radical (unpaired) electrons. The lowest BCUT2D eigenvalue weighted by Crippen LogP contribution is -2.33. The number of carbonyl (C=O) groups is 3. The minimum atomic E-state index is -0.406. The molecule has 0 bridgehead atoms. The largest absolute Gasteiger partial charge is 0.461 e. The summed E-state index contributed by atoms with van der Waals surface area (Å²) in [6, 6.07) is 13.8. The zero-order chi connectivity index (χ0) is 18.8. The van der Waals surface area contributed by atoms with E-state index in [1.165, 1.54) is 4.90 Å². The molecule has 2 amide bonds. The van der Waals surface area contributed by atoms with Crippen LogP contribution >= 0.6 is 0 Å². The summed E-state index contributed by atoms with van der Waals surface area (Å²) >= 11 is 0. The molecular weight excluding hydrogens is 342 g/mol. The minimum absolute atomic E-state index is 0.0229. The molecule has 2 aromatic rings. The Kier molecular flexibility index (Phi) is 4.75. The van der Waals surface area contributed by atoms with E-state index in [1.54, 1.807) is 0 Å². The molecule has 1 heterocycles. The maximum absolute atomic E-state index is 12.4. The summed E-state index contributed by atoms with van der Waals surface area (Å²) in [5, 5.41) is 2.14. The Bertz CT molecular complexity index is 902. The lowest BCUT2D eigenvalue weighted by Gasteiger charge is -2.14. The summed E-state index contributed by atoms with van der Waals surface area (Å²) in [4.78, 5) is 38.2. The van der Waals surface area contributed by atoms with Gasteiger partial charge in [-0.15, -0.1) is 0 Å². The molecule has 1 aliphatic heterocycles. The van der Waals surface area contributed by atoms with Gasteiger partial charge in [-0.1, -0.05) is 54.6 Å². The molecule has 2 atom stereocenters. The molecular formula is C22H21NO4. The SMILES string of the molecule is O=C(CCN1C(=O)[C@H]2CC=CC[C@H]2C1=O)OCc1cccc2ccccc12. The first-order chi connectivity index (χ1) is 13.1.